The molecule has 0 spiro atoms. The zero-order chi connectivity index (χ0) is 10.1. The Labute approximate surface area is 94.3 Å². The first kappa shape index (κ1) is 9.46. The van der Waals surface area contributed by atoms with Crippen molar-refractivity contribution in [1.82, 2.24) is 9.97 Å². The van der Waals surface area contributed by atoms with Gasteiger partial charge >= 0.3 is 0 Å². The van der Waals surface area contributed by atoms with Crippen LogP contribution < -0.4 is 4.90 Å². The van der Waals surface area contributed by atoms with E-state index >= 15 is 0 Å². The van der Waals surface area contributed by atoms with Crippen LogP contribution in [0.25, 0.3) is 0 Å². The van der Waals surface area contributed by atoms with Crippen molar-refractivity contribution in [2.75, 3.05) is 29.5 Å². The van der Waals surface area contributed by atoms with Crippen LogP contribution in [-0.4, -0.2) is 34.6 Å². The fraction of sp³-hybridized carbons (Fsp3) is 0.636. The smallest absolute Gasteiger partial charge is 0.133 e. The van der Waals surface area contributed by atoms with Crippen LogP contribution in [0.5, 0.6) is 0 Å². The van der Waals surface area contributed by atoms with Crippen LogP contribution in [0.1, 0.15) is 24.6 Å². The van der Waals surface area contributed by atoms with Gasteiger partial charge in [-0.2, -0.15) is 11.8 Å². The van der Waals surface area contributed by atoms with Crippen LogP contribution in [0, 0.1) is 0 Å². The summed E-state index contributed by atoms with van der Waals surface area (Å²) in [5.41, 5.74) is 0. The van der Waals surface area contributed by atoms with Crippen LogP contribution in [0.15, 0.2) is 12.3 Å². The van der Waals surface area contributed by atoms with Crippen molar-refractivity contribution in [2.45, 2.75) is 18.8 Å². The summed E-state index contributed by atoms with van der Waals surface area (Å²) in [7, 11) is 0. The SMILES string of the molecule is c1cc(N2CCSCC2)nc(C2CC2)n1. The molecule has 15 heavy (non-hydrogen) atoms. The van der Waals surface area contributed by atoms with E-state index in [1.165, 1.54) is 24.3 Å². The minimum Gasteiger partial charge on any atom is -0.355 e. The van der Waals surface area contributed by atoms with Crippen LogP contribution in [0.2, 0.25) is 0 Å². The second-order valence-corrected chi connectivity index (χ2v) is 5.37. The van der Waals surface area contributed by atoms with E-state index in [4.69, 9.17) is 0 Å². The molecule has 1 aromatic rings. The molecule has 0 unspecified atom stereocenters. The van der Waals surface area contributed by atoms with Gasteiger partial charge in [0.1, 0.15) is 11.6 Å². The van der Waals surface area contributed by atoms with Gasteiger partial charge in [-0.3, -0.25) is 0 Å². The first-order valence-electron chi connectivity index (χ1n) is 5.59. The standard InChI is InChI=1S/C11H15N3S/c1-2-9(1)11-12-4-3-10(13-11)14-5-7-15-8-6-14/h3-4,9H,1-2,5-8H2. The van der Waals surface area contributed by atoms with Gasteiger partial charge in [-0.05, 0) is 18.9 Å². The largest absolute Gasteiger partial charge is 0.355 e. The summed E-state index contributed by atoms with van der Waals surface area (Å²) < 4.78 is 0. The Bertz CT molecular complexity index is 345. The zero-order valence-corrected chi connectivity index (χ0v) is 9.54. The molecule has 3 rings (SSSR count). The van der Waals surface area contributed by atoms with Gasteiger partial charge in [0.15, 0.2) is 0 Å². The molecule has 2 aliphatic rings. The predicted octanol–water partition coefficient (Wildman–Crippen LogP) is 1.91. The molecule has 2 fully saturated rings. The summed E-state index contributed by atoms with van der Waals surface area (Å²) in [5.74, 6) is 5.30. The molecule has 0 bridgehead atoms. The number of hydrogen-bond donors (Lipinski definition) is 0. The quantitative estimate of drug-likeness (QED) is 0.763. The summed E-state index contributed by atoms with van der Waals surface area (Å²) in [6.07, 6.45) is 4.47. The number of rotatable bonds is 2. The molecule has 0 amide bonds. The summed E-state index contributed by atoms with van der Waals surface area (Å²) in [6.45, 7) is 2.26. The molecule has 80 valence electrons. The second kappa shape index (κ2) is 4.00. The van der Waals surface area contributed by atoms with Crippen molar-refractivity contribution in [3.8, 4) is 0 Å². The molecule has 1 saturated carbocycles. The highest BCUT2D eigenvalue weighted by molar-refractivity contribution is 7.99. The van der Waals surface area contributed by atoms with Gasteiger partial charge < -0.3 is 4.90 Å². The first-order valence-corrected chi connectivity index (χ1v) is 6.74. The highest BCUT2D eigenvalue weighted by Crippen LogP contribution is 2.38. The molecule has 0 N–H and O–H groups in total. The van der Waals surface area contributed by atoms with Crippen LogP contribution in [-0.2, 0) is 0 Å². The third-order valence-corrected chi connectivity index (χ3v) is 3.88. The molecule has 1 aliphatic heterocycles. The van der Waals surface area contributed by atoms with Gasteiger partial charge in [0.25, 0.3) is 0 Å². The Balaban J connectivity index is 1.80. The van der Waals surface area contributed by atoms with E-state index in [2.05, 4.69) is 14.9 Å². The first-order chi connectivity index (χ1) is 7.43. The van der Waals surface area contributed by atoms with E-state index in [1.54, 1.807) is 0 Å². The summed E-state index contributed by atoms with van der Waals surface area (Å²) in [4.78, 5) is 11.4. The van der Waals surface area contributed by atoms with Gasteiger partial charge in [-0.15, -0.1) is 0 Å². The lowest BCUT2D eigenvalue weighted by molar-refractivity contribution is 0.815. The average Bonchev–Trinajstić information content (AvgIpc) is 3.14. The van der Waals surface area contributed by atoms with E-state index in [0.29, 0.717) is 5.92 Å². The van der Waals surface area contributed by atoms with E-state index in [0.717, 1.165) is 24.7 Å². The molecule has 4 heteroatoms. The summed E-state index contributed by atoms with van der Waals surface area (Å²) in [5, 5.41) is 0. The molecule has 3 nitrogen and oxygen atoms in total. The molecule has 2 heterocycles. The highest BCUT2D eigenvalue weighted by atomic mass is 32.2. The summed E-state index contributed by atoms with van der Waals surface area (Å²) in [6, 6.07) is 2.04. The zero-order valence-electron chi connectivity index (χ0n) is 8.72. The molecule has 1 saturated heterocycles. The molecule has 1 aromatic heterocycles. The maximum Gasteiger partial charge on any atom is 0.133 e. The Morgan fingerprint density at radius 2 is 2.07 bits per heavy atom. The lowest BCUT2D eigenvalue weighted by atomic mass is 10.3. The third-order valence-electron chi connectivity index (χ3n) is 2.94. The van der Waals surface area contributed by atoms with Gasteiger partial charge in [0.05, 0.1) is 0 Å². The Kier molecular flexibility index (Phi) is 2.52. The molecular weight excluding hydrogens is 206 g/mol. The lowest BCUT2D eigenvalue weighted by Gasteiger charge is -2.27. The van der Waals surface area contributed by atoms with E-state index < -0.39 is 0 Å². The topological polar surface area (TPSA) is 29.0 Å². The van der Waals surface area contributed by atoms with Crippen molar-refractivity contribution in [2.24, 2.45) is 0 Å². The second-order valence-electron chi connectivity index (χ2n) is 4.15. The Morgan fingerprint density at radius 3 is 2.80 bits per heavy atom. The number of thioether (sulfide) groups is 1. The number of anilines is 1. The van der Waals surface area contributed by atoms with E-state index in [9.17, 15) is 0 Å². The van der Waals surface area contributed by atoms with Crippen LogP contribution >= 0.6 is 11.8 Å². The Hall–Kier alpha value is -0.770. The van der Waals surface area contributed by atoms with E-state index in [-0.39, 0.29) is 0 Å². The molecule has 0 aromatic carbocycles. The predicted molar refractivity (Wildman–Crippen MR) is 63.5 cm³/mol. The minimum atomic E-state index is 0.657. The monoisotopic (exact) mass is 221 g/mol. The van der Waals surface area contributed by atoms with Crippen molar-refractivity contribution in [3.63, 3.8) is 0 Å². The maximum absolute atomic E-state index is 4.66. The molecule has 1 aliphatic carbocycles. The van der Waals surface area contributed by atoms with Crippen LogP contribution in [0.3, 0.4) is 0 Å². The van der Waals surface area contributed by atoms with E-state index in [1.807, 2.05) is 24.0 Å². The average molecular weight is 221 g/mol. The lowest BCUT2D eigenvalue weighted by Crippen LogP contribution is -2.33. The van der Waals surface area contributed by atoms with Gasteiger partial charge in [0, 0.05) is 36.7 Å². The van der Waals surface area contributed by atoms with Gasteiger partial charge in [-0.25, -0.2) is 9.97 Å². The van der Waals surface area contributed by atoms with Crippen molar-refractivity contribution in [1.29, 1.82) is 0 Å². The third kappa shape index (κ3) is 2.09. The number of hydrogen-bond acceptors (Lipinski definition) is 4. The minimum absolute atomic E-state index is 0.657. The number of nitrogens with zero attached hydrogens (tertiary/aromatic N) is 3. The molecular formula is C11H15N3S. The fourth-order valence-corrected chi connectivity index (χ4v) is 2.77. The van der Waals surface area contributed by atoms with Crippen molar-refractivity contribution < 1.29 is 0 Å². The van der Waals surface area contributed by atoms with Gasteiger partial charge in [-0.1, -0.05) is 0 Å². The maximum atomic E-state index is 4.66. The Morgan fingerprint density at radius 1 is 1.27 bits per heavy atom. The normalized spacial score (nSPS) is 21.7. The number of aromatic nitrogens is 2. The van der Waals surface area contributed by atoms with Gasteiger partial charge in [0.2, 0.25) is 0 Å². The fourth-order valence-electron chi connectivity index (χ4n) is 1.87. The summed E-state index contributed by atoms with van der Waals surface area (Å²) >= 11 is 2.03. The molecule has 0 radical (unpaired) electrons. The van der Waals surface area contributed by atoms with Crippen LogP contribution in [0.4, 0.5) is 5.82 Å². The molecule has 0 atom stereocenters. The van der Waals surface area contributed by atoms with Crippen molar-refractivity contribution in [3.05, 3.63) is 18.1 Å². The van der Waals surface area contributed by atoms with Crippen molar-refractivity contribution >= 4 is 17.6 Å². The highest BCUT2D eigenvalue weighted by Gasteiger charge is 2.27.